The number of hydrogen-bond acceptors (Lipinski definition) is 0. The van der Waals surface area contributed by atoms with Crippen LogP contribution in [0, 0.1) is 11.8 Å². The Hall–Kier alpha value is -0.960. The summed E-state index contributed by atoms with van der Waals surface area (Å²) in [5.41, 5.74) is 5.69. The van der Waals surface area contributed by atoms with Crippen molar-refractivity contribution in [1.29, 1.82) is 0 Å². The highest BCUT2D eigenvalue weighted by atomic mass is 14.1. The summed E-state index contributed by atoms with van der Waals surface area (Å²) < 4.78 is 0. The molecule has 0 aromatic carbocycles. The van der Waals surface area contributed by atoms with Gasteiger partial charge in [-0.25, -0.2) is 0 Å². The minimum atomic E-state index is 0.588. The van der Waals surface area contributed by atoms with E-state index in [1.54, 1.807) is 0 Å². The molecule has 0 aromatic heterocycles. The van der Waals surface area contributed by atoms with Crippen molar-refractivity contribution in [3.05, 3.63) is 36.8 Å². The summed E-state index contributed by atoms with van der Waals surface area (Å²) in [7, 11) is 0. The first-order valence-electron chi connectivity index (χ1n) is 4.96. The lowest BCUT2D eigenvalue weighted by atomic mass is 9.95. The number of rotatable bonds is 6. The third-order valence-electron chi connectivity index (χ3n) is 2.27. The van der Waals surface area contributed by atoms with Gasteiger partial charge >= 0.3 is 0 Å². The molecule has 2 atom stereocenters. The molecular formula is C13H20. The molecule has 0 bridgehead atoms. The van der Waals surface area contributed by atoms with Gasteiger partial charge in [-0.2, -0.15) is 0 Å². The van der Waals surface area contributed by atoms with Crippen molar-refractivity contribution in [2.24, 2.45) is 11.8 Å². The predicted molar refractivity (Wildman–Crippen MR) is 59.6 cm³/mol. The van der Waals surface area contributed by atoms with Gasteiger partial charge in [-0.05, 0) is 43.3 Å². The zero-order valence-electron chi connectivity index (χ0n) is 8.84. The summed E-state index contributed by atoms with van der Waals surface area (Å²) in [6.45, 7) is 11.6. The first-order chi connectivity index (χ1) is 6.24. The Balaban J connectivity index is 3.83. The van der Waals surface area contributed by atoms with E-state index in [-0.39, 0.29) is 0 Å². The van der Waals surface area contributed by atoms with Crippen LogP contribution in [0.15, 0.2) is 36.8 Å². The lowest BCUT2D eigenvalue weighted by Gasteiger charge is -2.10. The minimum Gasteiger partial charge on any atom is -0.133 e. The van der Waals surface area contributed by atoms with Gasteiger partial charge in [0.25, 0.3) is 0 Å². The largest absolute Gasteiger partial charge is 0.133 e. The molecule has 0 nitrogen and oxygen atoms in total. The van der Waals surface area contributed by atoms with E-state index >= 15 is 0 Å². The van der Waals surface area contributed by atoms with Gasteiger partial charge in [0.15, 0.2) is 0 Å². The van der Waals surface area contributed by atoms with Crippen molar-refractivity contribution in [2.75, 3.05) is 0 Å². The van der Waals surface area contributed by atoms with Crippen LogP contribution < -0.4 is 0 Å². The van der Waals surface area contributed by atoms with Crippen LogP contribution in [-0.4, -0.2) is 0 Å². The average molecular weight is 176 g/mol. The zero-order chi connectivity index (χ0) is 10.1. The quantitative estimate of drug-likeness (QED) is 0.534. The molecule has 0 amide bonds. The highest BCUT2D eigenvalue weighted by Gasteiger charge is 2.03. The molecule has 0 rings (SSSR count). The third kappa shape index (κ3) is 6.22. The summed E-state index contributed by atoms with van der Waals surface area (Å²) in [6, 6.07) is 0. The molecular weight excluding hydrogens is 156 g/mol. The first-order valence-corrected chi connectivity index (χ1v) is 4.96. The van der Waals surface area contributed by atoms with Crippen LogP contribution in [-0.2, 0) is 0 Å². The number of allylic oxidation sites excluding steroid dienone is 2. The topological polar surface area (TPSA) is 0 Å². The van der Waals surface area contributed by atoms with E-state index in [1.807, 2.05) is 6.08 Å². The van der Waals surface area contributed by atoms with Gasteiger partial charge in [0.05, 0.1) is 0 Å². The molecule has 0 radical (unpaired) electrons. The summed E-state index contributed by atoms with van der Waals surface area (Å²) in [6.07, 6.45) is 7.68. The lowest BCUT2D eigenvalue weighted by molar-refractivity contribution is 0.498. The number of hydrogen-bond donors (Lipinski definition) is 0. The molecule has 0 spiro atoms. The lowest BCUT2D eigenvalue weighted by Crippen LogP contribution is -1.97. The zero-order valence-corrected chi connectivity index (χ0v) is 8.84. The molecule has 0 heteroatoms. The second-order valence-electron chi connectivity index (χ2n) is 3.46. The fourth-order valence-corrected chi connectivity index (χ4v) is 1.33. The van der Waals surface area contributed by atoms with Gasteiger partial charge in [-0.15, -0.1) is 11.5 Å². The van der Waals surface area contributed by atoms with Crippen LogP contribution in [0.25, 0.3) is 0 Å². The molecule has 0 N–H and O–H groups in total. The van der Waals surface area contributed by atoms with Crippen LogP contribution in [0.4, 0.5) is 0 Å². The summed E-state index contributed by atoms with van der Waals surface area (Å²) >= 11 is 0. The summed E-state index contributed by atoms with van der Waals surface area (Å²) in [4.78, 5) is 0. The van der Waals surface area contributed by atoms with Crippen molar-refractivity contribution in [1.82, 2.24) is 0 Å². The second-order valence-corrected chi connectivity index (χ2v) is 3.46. The predicted octanol–water partition coefficient (Wildman–Crippen LogP) is 4.11. The van der Waals surface area contributed by atoms with Crippen molar-refractivity contribution >= 4 is 0 Å². The van der Waals surface area contributed by atoms with E-state index in [1.165, 1.54) is 19.3 Å². The van der Waals surface area contributed by atoms with Gasteiger partial charge in [-0.1, -0.05) is 27.0 Å². The highest BCUT2D eigenvalue weighted by Crippen LogP contribution is 2.16. The SMILES string of the molecule is C=C=CC(C)CCC(C=C=C)CC. The highest BCUT2D eigenvalue weighted by molar-refractivity contribution is 4.86. The van der Waals surface area contributed by atoms with Crippen LogP contribution in [0.5, 0.6) is 0 Å². The molecule has 0 saturated carbocycles. The van der Waals surface area contributed by atoms with Gasteiger partial charge < -0.3 is 0 Å². The Morgan fingerprint density at radius 2 is 1.77 bits per heavy atom. The Morgan fingerprint density at radius 3 is 2.23 bits per heavy atom. The molecule has 0 aliphatic heterocycles. The minimum absolute atomic E-state index is 0.588. The molecule has 0 heterocycles. The standard InChI is InChI=1S/C13H20/c1-5-8-12(4)10-11-13(7-3)9-6-2/h8-9,12-13H,1-2,7,10-11H2,3-4H3. The van der Waals surface area contributed by atoms with E-state index in [9.17, 15) is 0 Å². The molecule has 0 aliphatic carbocycles. The van der Waals surface area contributed by atoms with Crippen LogP contribution in [0.3, 0.4) is 0 Å². The smallest absolute Gasteiger partial charge is 0.0160 e. The molecule has 0 fully saturated rings. The Labute approximate surface area is 82.4 Å². The maximum Gasteiger partial charge on any atom is -0.0160 e. The maximum atomic E-state index is 3.60. The van der Waals surface area contributed by atoms with E-state index in [0.29, 0.717) is 11.8 Å². The van der Waals surface area contributed by atoms with Crippen molar-refractivity contribution in [3.8, 4) is 0 Å². The Bertz CT molecular complexity index is 212. The second kappa shape index (κ2) is 7.68. The van der Waals surface area contributed by atoms with Crippen molar-refractivity contribution < 1.29 is 0 Å². The Kier molecular flexibility index (Phi) is 7.11. The van der Waals surface area contributed by atoms with Crippen molar-refractivity contribution in [2.45, 2.75) is 33.1 Å². The van der Waals surface area contributed by atoms with Gasteiger partial charge in [-0.3, -0.25) is 0 Å². The monoisotopic (exact) mass is 176 g/mol. The molecule has 2 unspecified atom stereocenters. The summed E-state index contributed by atoms with van der Waals surface area (Å²) in [5, 5.41) is 0. The third-order valence-corrected chi connectivity index (χ3v) is 2.27. The van der Waals surface area contributed by atoms with E-state index in [0.717, 1.165) is 0 Å². The fourth-order valence-electron chi connectivity index (χ4n) is 1.33. The molecule has 72 valence electrons. The van der Waals surface area contributed by atoms with E-state index in [4.69, 9.17) is 0 Å². The van der Waals surface area contributed by atoms with Crippen LogP contribution in [0.1, 0.15) is 33.1 Å². The molecule has 0 saturated heterocycles. The summed E-state index contributed by atoms with van der Waals surface area (Å²) in [5.74, 6) is 1.22. The van der Waals surface area contributed by atoms with Crippen molar-refractivity contribution in [3.63, 3.8) is 0 Å². The molecule has 0 aliphatic rings. The normalized spacial score (nSPS) is 13.7. The molecule has 13 heavy (non-hydrogen) atoms. The average Bonchev–Trinajstić information content (AvgIpc) is 2.12. The van der Waals surface area contributed by atoms with E-state index < -0.39 is 0 Å². The first kappa shape index (κ1) is 12.0. The fraction of sp³-hybridized carbons (Fsp3) is 0.538. The van der Waals surface area contributed by atoms with Gasteiger partial charge in [0, 0.05) is 0 Å². The van der Waals surface area contributed by atoms with Gasteiger partial charge in [0.1, 0.15) is 0 Å². The van der Waals surface area contributed by atoms with Crippen LogP contribution in [0.2, 0.25) is 0 Å². The maximum absolute atomic E-state index is 3.60. The van der Waals surface area contributed by atoms with E-state index in [2.05, 4.69) is 44.5 Å². The van der Waals surface area contributed by atoms with Crippen LogP contribution >= 0.6 is 0 Å². The molecule has 0 aromatic rings. The Morgan fingerprint density at radius 1 is 1.15 bits per heavy atom. The van der Waals surface area contributed by atoms with Gasteiger partial charge in [0.2, 0.25) is 0 Å².